The summed E-state index contributed by atoms with van der Waals surface area (Å²) in [7, 11) is 0. The Morgan fingerprint density at radius 2 is 2.19 bits per heavy atom. The van der Waals surface area contributed by atoms with Crippen LogP contribution in [-0.2, 0) is 4.74 Å². The number of likely N-dealkylation sites (tertiary alicyclic amines) is 1. The molecule has 0 saturated carbocycles. The van der Waals surface area contributed by atoms with E-state index in [1.165, 1.54) is 10.5 Å². The minimum atomic E-state index is -0.866. The molecule has 0 radical (unpaired) electrons. The second kappa shape index (κ2) is 7.43. The number of benzene rings is 1. The number of ether oxygens (including phenoxy) is 1. The Labute approximate surface area is 125 Å². The lowest BCUT2D eigenvalue weighted by molar-refractivity contribution is -0.0147. The number of hydrogen-bond acceptors (Lipinski definition) is 3. The van der Waals surface area contributed by atoms with E-state index in [1.54, 1.807) is 0 Å². The van der Waals surface area contributed by atoms with Gasteiger partial charge in [0, 0.05) is 25.2 Å². The lowest BCUT2D eigenvalue weighted by Gasteiger charge is -2.38. The fourth-order valence-electron chi connectivity index (χ4n) is 2.82. The van der Waals surface area contributed by atoms with E-state index in [2.05, 4.69) is 24.4 Å². The van der Waals surface area contributed by atoms with Crippen LogP contribution >= 0.6 is 0 Å². The zero-order valence-corrected chi connectivity index (χ0v) is 12.7. The highest BCUT2D eigenvalue weighted by Gasteiger charge is 2.32. The van der Waals surface area contributed by atoms with Gasteiger partial charge < -0.3 is 20.1 Å². The van der Waals surface area contributed by atoms with Gasteiger partial charge in [-0.25, -0.2) is 4.79 Å². The van der Waals surface area contributed by atoms with Gasteiger partial charge in [-0.1, -0.05) is 30.3 Å². The van der Waals surface area contributed by atoms with Crippen molar-refractivity contribution in [3.63, 3.8) is 0 Å². The van der Waals surface area contributed by atoms with Crippen LogP contribution in [0.2, 0.25) is 0 Å². The predicted molar refractivity (Wildman–Crippen MR) is 81.4 cm³/mol. The van der Waals surface area contributed by atoms with Gasteiger partial charge in [0.15, 0.2) is 0 Å². The quantitative estimate of drug-likeness (QED) is 0.875. The number of nitrogens with one attached hydrogen (secondary N) is 1. The number of amides is 1. The van der Waals surface area contributed by atoms with Crippen LogP contribution in [0, 0.1) is 0 Å². The van der Waals surface area contributed by atoms with E-state index < -0.39 is 6.09 Å². The molecule has 0 bridgehead atoms. The van der Waals surface area contributed by atoms with Crippen molar-refractivity contribution in [1.82, 2.24) is 10.2 Å². The Morgan fingerprint density at radius 1 is 1.48 bits per heavy atom. The van der Waals surface area contributed by atoms with Crippen molar-refractivity contribution in [2.45, 2.75) is 38.5 Å². The third-order valence-corrected chi connectivity index (χ3v) is 3.97. The van der Waals surface area contributed by atoms with Gasteiger partial charge in [-0.3, -0.25) is 0 Å². The fourth-order valence-corrected chi connectivity index (χ4v) is 2.82. The molecule has 1 aliphatic rings. The highest BCUT2D eigenvalue weighted by atomic mass is 16.5. The van der Waals surface area contributed by atoms with E-state index >= 15 is 0 Å². The summed E-state index contributed by atoms with van der Waals surface area (Å²) >= 11 is 0. The van der Waals surface area contributed by atoms with Crippen LogP contribution in [0.1, 0.15) is 31.9 Å². The number of hydrogen-bond donors (Lipinski definition) is 2. The molecule has 5 heteroatoms. The molecule has 1 heterocycles. The summed E-state index contributed by atoms with van der Waals surface area (Å²) in [5.74, 6) is 0. The van der Waals surface area contributed by atoms with E-state index in [0.29, 0.717) is 19.7 Å². The zero-order chi connectivity index (χ0) is 15.2. The fraction of sp³-hybridized carbons (Fsp3) is 0.562. The Morgan fingerprint density at radius 3 is 2.81 bits per heavy atom. The average molecular weight is 292 g/mol. The van der Waals surface area contributed by atoms with E-state index in [9.17, 15) is 4.79 Å². The molecule has 3 unspecified atom stereocenters. The maximum absolute atomic E-state index is 11.1. The summed E-state index contributed by atoms with van der Waals surface area (Å²) in [4.78, 5) is 12.5. The summed E-state index contributed by atoms with van der Waals surface area (Å²) in [5.41, 5.74) is 1.23. The third kappa shape index (κ3) is 4.19. The highest BCUT2D eigenvalue weighted by molar-refractivity contribution is 5.65. The normalized spacial score (nSPS) is 23.8. The van der Waals surface area contributed by atoms with Crippen LogP contribution < -0.4 is 5.32 Å². The van der Waals surface area contributed by atoms with Crippen molar-refractivity contribution in [1.29, 1.82) is 0 Å². The van der Waals surface area contributed by atoms with Crippen molar-refractivity contribution < 1.29 is 14.6 Å². The SMILES string of the molecule is CCOC1CN(C(=O)O)CCC1NC(C)c1ccccc1. The van der Waals surface area contributed by atoms with E-state index in [4.69, 9.17) is 9.84 Å². The minimum absolute atomic E-state index is 0.0917. The van der Waals surface area contributed by atoms with Crippen molar-refractivity contribution in [3.8, 4) is 0 Å². The maximum Gasteiger partial charge on any atom is 0.407 e. The largest absolute Gasteiger partial charge is 0.465 e. The molecule has 1 aliphatic heterocycles. The molecule has 2 rings (SSSR count). The van der Waals surface area contributed by atoms with Crippen molar-refractivity contribution in [2.75, 3.05) is 19.7 Å². The Bertz CT molecular complexity index is 452. The number of rotatable bonds is 5. The molecule has 3 atom stereocenters. The zero-order valence-electron chi connectivity index (χ0n) is 12.7. The number of carbonyl (C=O) groups is 1. The number of nitrogens with zero attached hydrogens (tertiary/aromatic N) is 1. The first-order valence-corrected chi connectivity index (χ1v) is 7.52. The molecule has 1 saturated heterocycles. The molecule has 0 aliphatic carbocycles. The molecule has 1 fully saturated rings. The van der Waals surface area contributed by atoms with Crippen molar-refractivity contribution in [2.24, 2.45) is 0 Å². The molecule has 2 N–H and O–H groups in total. The molecular formula is C16H24N2O3. The lowest BCUT2D eigenvalue weighted by atomic mass is 9.99. The van der Waals surface area contributed by atoms with Gasteiger partial charge in [-0.15, -0.1) is 0 Å². The smallest absolute Gasteiger partial charge is 0.407 e. The summed E-state index contributed by atoms with van der Waals surface area (Å²) in [6, 6.07) is 10.6. The van der Waals surface area contributed by atoms with Crippen molar-refractivity contribution >= 4 is 6.09 Å². The Balaban J connectivity index is 1.99. The van der Waals surface area contributed by atoms with E-state index in [0.717, 1.165) is 6.42 Å². The standard InChI is InChI=1S/C16H24N2O3/c1-3-21-15-11-18(16(19)20)10-9-14(15)17-12(2)13-7-5-4-6-8-13/h4-8,12,14-15,17H,3,9-11H2,1-2H3,(H,19,20). The molecule has 1 aromatic rings. The van der Waals surface area contributed by atoms with Gasteiger partial charge in [0.05, 0.1) is 12.6 Å². The van der Waals surface area contributed by atoms with E-state index in [1.807, 2.05) is 25.1 Å². The molecule has 116 valence electrons. The Hall–Kier alpha value is -1.59. The molecule has 1 amide bonds. The summed E-state index contributed by atoms with van der Waals surface area (Å²) in [6.45, 7) is 5.65. The summed E-state index contributed by atoms with van der Waals surface area (Å²) in [6.07, 6.45) is -0.186. The Kier molecular flexibility index (Phi) is 5.59. The van der Waals surface area contributed by atoms with E-state index in [-0.39, 0.29) is 18.2 Å². The third-order valence-electron chi connectivity index (χ3n) is 3.97. The first kappa shape index (κ1) is 15.8. The van der Waals surface area contributed by atoms with Gasteiger partial charge in [-0.05, 0) is 25.8 Å². The first-order chi connectivity index (χ1) is 10.1. The topological polar surface area (TPSA) is 61.8 Å². The molecule has 1 aromatic carbocycles. The first-order valence-electron chi connectivity index (χ1n) is 7.52. The summed E-state index contributed by atoms with van der Waals surface area (Å²) < 4.78 is 5.75. The molecular weight excluding hydrogens is 268 g/mol. The second-order valence-electron chi connectivity index (χ2n) is 5.42. The second-order valence-corrected chi connectivity index (χ2v) is 5.42. The lowest BCUT2D eigenvalue weighted by Crippen LogP contribution is -2.55. The van der Waals surface area contributed by atoms with Crippen LogP contribution in [0.15, 0.2) is 30.3 Å². The van der Waals surface area contributed by atoms with Crippen LogP contribution in [0.5, 0.6) is 0 Å². The molecule has 5 nitrogen and oxygen atoms in total. The minimum Gasteiger partial charge on any atom is -0.465 e. The van der Waals surface area contributed by atoms with Crippen LogP contribution in [-0.4, -0.2) is 47.9 Å². The van der Waals surface area contributed by atoms with Gasteiger partial charge in [0.2, 0.25) is 0 Å². The van der Waals surface area contributed by atoms with Crippen LogP contribution in [0.4, 0.5) is 4.79 Å². The van der Waals surface area contributed by atoms with Crippen molar-refractivity contribution in [3.05, 3.63) is 35.9 Å². The molecule has 21 heavy (non-hydrogen) atoms. The van der Waals surface area contributed by atoms with Gasteiger partial charge in [0.25, 0.3) is 0 Å². The average Bonchev–Trinajstić information content (AvgIpc) is 2.50. The predicted octanol–water partition coefficient (Wildman–Crippen LogP) is 2.49. The number of piperidine rings is 1. The number of carboxylic acid groups (broad SMARTS) is 1. The maximum atomic E-state index is 11.1. The summed E-state index contributed by atoms with van der Waals surface area (Å²) in [5, 5.41) is 12.7. The monoisotopic (exact) mass is 292 g/mol. The molecule has 0 aromatic heterocycles. The van der Waals surface area contributed by atoms with Gasteiger partial charge >= 0.3 is 6.09 Å². The highest BCUT2D eigenvalue weighted by Crippen LogP contribution is 2.19. The van der Waals surface area contributed by atoms with Crippen LogP contribution in [0.25, 0.3) is 0 Å². The van der Waals surface area contributed by atoms with Crippen LogP contribution in [0.3, 0.4) is 0 Å². The van der Waals surface area contributed by atoms with Gasteiger partial charge in [0.1, 0.15) is 0 Å². The molecule has 0 spiro atoms. The van der Waals surface area contributed by atoms with Gasteiger partial charge in [-0.2, -0.15) is 0 Å².